The van der Waals surface area contributed by atoms with E-state index in [0.29, 0.717) is 0 Å². The molecule has 0 aromatic heterocycles. The van der Waals surface area contributed by atoms with Gasteiger partial charge in [0.15, 0.2) is 5.78 Å². The third-order valence-corrected chi connectivity index (χ3v) is 7.79. The van der Waals surface area contributed by atoms with Crippen LogP contribution in [0.4, 0.5) is 5.69 Å². The summed E-state index contributed by atoms with van der Waals surface area (Å²) >= 11 is 0. The highest BCUT2D eigenvalue weighted by Gasteiger charge is 2.37. The lowest BCUT2D eigenvalue weighted by Crippen LogP contribution is -2.45. The van der Waals surface area contributed by atoms with E-state index >= 15 is 0 Å². The van der Waals surface area contributed by atoms with E-state index in [2.05, 4.69) is 116 Å². The number of hydrogen-bond donors (Lipinski definition) is 0. The molecule has 2 aliphatic heterocycles. The van der Waals surface area contributed by atoms with Crippen LogP contribution in [-0.4, -0.2) is 46.8 Å². The van der Waals surface area contributed by atoms with Crippen molar-refractivity contribution in [3.63, 3.8) is 0 Å². The van der Waals surface area contributed by atoms with E-state index in [9.17, 15) is 4.79 Å². The van der Waals surface area contributed by atoms with Crippen molar-refractivity contribution in [1.82, 2.24) is 9.80 Å². The third-order valence-electron chi connectivity index (χ3n) is 7.79. The first kappa shape index (κ1) is 26.4. The van der Waals surface area contributed by atoms with E-state index in [1.165, 1.54) is 5.70 Å². The average Bonchev–Trinajstić information content (AvgIpc) is 2.70. The Bertz CT molecular complexity index is 968. The van der Waals surface area contributed by atoms with Gasteiger partial charge in [-0.2, -0.15) is 0 Å². The van der Waals surface area contributed by atoms with Crippen LogP contribution in [0.15, 0.2) is 47.9 Å². The molecular weight excluding hydrogens is 418 g/mol. The fraction of sp³-hybridized carbons (Fsp3) is 0.633. The molecule has 2 aliphatic rings. The maximum absolute atomic E-state index is 13.6. The minimum atomic E-state index is -0.123. The van der Waals surface area contributed by atoms with Gasteiger partial charge in [-0.25, -0.2) is 0 Å². The minimum absolute atomic E-state index is 0.00998. The Kier molecular flexibility index (Phi) is 6.80. The maximum Gasteiger partial charge on any atom is 0.191 e. The summed E-state index contributed by atoms with van der Waals surface area (Å²) in [7, 11) is 2.14. The van der Waals surface area contributed by atoms with Gasteiger partial charge in [-0.05, 0) is 84.1 Å². The smallest absolute Gasteiger partial charge is 0.191 e. The van der Waals surface area contributed by atoms with Crippen LogP contribution in [0.5, 0.6) is 0 Å². The van der Waals surface area contributed by atoms with E-state index in [4.69, 9.17) is 0 Å². The van der Waals surface area contributed by atoms with Gasteiger partial charge in [-0.15, -0.1) is 0 Å². The number of Topliss-reactive ketones (excluding diaryl/α,β-unsaturated/α-hetero) is 1. The van der Waals surface area contributed by atoms with Gasteiger partial charge in [0.2, 0.25) is 0 Å². The topological polar surface area (TPSA) is 26.8 Å². The predicted molar refractivity (Wildman–Crippen MR) is 145 cm³/mol. The largest absolute Gasteiger partial charge is 0.372 e. The zero-order valence-corrected chi connectivity index (χ0v) is 23.5. The minimum Gasteiger partial charge on any atom is -0.372 e. The molecule has 0 aliphatic carbocycles. The first-order valence-electron chi connectivity index (χ1n) is 12.8. The summed E-state index contributed by atoms with van der Waals surface area (Å²) in [5, 5.41) is 0. The van der Waals surface area contributed by atoms with E-state index in [0.717, 1.165) is 42.8 Å². The van der Waals surface area contributed by atoms with E-state index in [1.54, 1.807) is 0 Å². The van der Waals surface area contributed by atoms with E-state index in [-0.39, 0.29) is 27.7 Å². The van der Waals surface area contributed by atoms with Gasteiger partial charge in [-0.1, -0.05) is 27.7 Å². The van der Waals surface area contributed by atoms with E-state index in [1.807, 2.05) is 12.1 Å². The summed E-state index contributed by atoms with van der Waals surface area (Å²) < 4.78 is 0. The Hall–Kier alpha value is -2.23. The maximum atomic E-state index is 13.6. The highest BCUT2D eigenvalue weighted by Crippen LogP contribution is 2.41. The van der Waals surface area contributed by atoms with Gasteiger partial charge < -0.3 is 14.7 Å². The molecule has 0 fully saturated rings. The van der Waals surface area contributed by atoms with Crippen molar-refractivity contribution in [2.75, 3.05) is 25.0 Å². The number of hydrogen-bond acceptors (Lipinski definition) is 4. The van der Waals surface area contributed by atoms with Crippen molar-refractivity contribution in [2.24, 2.45) is 10.8 Å². The first-order valence-corrected chi connectivity index (χ1v) is 12.8. The number of benzene rings is 1. The molecule has 3 rings (SSSR count). The molecule has 0 radical (unpaired) electrons. The molecule has 0 N–H and O–H groups in total. The molecule has 4 nitrogen and oxygen atoms in total. The number of carbonyl (C=O) groups is 1. The number of carbonyl (C=O) groups excluding carboxylic acids is 1. The van der Waals surface area contributed by atoms with Crippen molar-refractivity contribution in [2.45, 2.75) is 93.2 Å². The summed E-state index contributed by atoms with van der Waals surface area (Å²) in [4.78, 5) is 20.6. The second-order valence-electron chi connectivity index (χ2n) is 13.5. The van der Waals surface area contributed by atoms with Gasteiger partial charge in [0.25, 0.3) is 0 Å². The van der Waals surface area contributed by atoms with Crippen molar-refractivity contribution < 1.29 is 4.79 Å². The third kappa shape index (κ3) is 5.37. The molecule has 0 unspecified atom stereocenters. The Balaban J connectivity index is 1.89. The predicted octanol–water partition coefficient (Wildman–Crippen LogP) is 7.09. The molecule has 4 heteroatoms. The van der Waals surface area contributed by atoms with Crippen molar-refractivity contribution >= 4 is 11.5 Å². The first-order chi connectivity index (χ1) is 15.4. The zero-order chi connectivity index (χ0) is 25.7. The second kappa shape index (κ2) is 8.77. The standard InChI is InChI=1S/C30H47N3O/c1-27(2,3)32-18-16-29(7,8)24(20-32)26(34)22-12-14-23(15-13-22)31(11)25-21-33(28(4,5)6)19-17-30(25,9)10/h12-15,20-21H,16-19H2,1-11H3. The van der Waals surface area contributed by atoms with Gasteiger partial charge in [-0.3, -0.25) is 4.79 Å². The van der Waals surface area contributed by atoms with E-state index < -0.39 is 0 Å². The lowest BCUT2D eigenvalue weighted by atomic mass is 9.75. The van der Waals surface area contributed by atoms with Crippen LogP contribution in [0.25, 0.3) is 0 Å². The van der Waals surface area contributed by atoms with Crippen LogP contribution < -0.4 is 4.90 Å². The molecule has 188 valence electrons. The molecule has 1 aromatic rings. The highest BCUT2D eigenvalue weighted by molar-refractivity contribution is 6.09. The van der Waals surface area contributed by atoms with Crippen LogP contribution in [0.2, 0.25) is 0 Å². The van der Waals surface area contributed by atoms with Crippen LogP contribution in [0, 0.1) is 10.8 Å². The normalized spacial score (nSPS) is 20.6. The summed E-state index contributed by atoms with van der Waals surface area (Å²) in [6.07, 6.45) is 6.54. The molecule has 0 saturated heterocycles. The van der Waals surface area contributed by atoms with Gasteiger partial charge in [0, 0.05) is 71.6 Å². The van der Waals surface area contributed by atoms with Crippen LogP contribution in [0.1, 0.15) is 92.4 Å². The van der Waals surface area contributed by atoms with Crippen molar-refractivity contribution in [1.29, 1.82) is 0 Å². The van der Waals surface area contributed by atoms with Crippen LogP contribution in [0.3, 0.4) is 0 Å². The Morgan fingerprint density at radius 3 is 1.76 bits per heavy atom. The summed E-state index contributed by atoms with van der Waals surface area (Å²) in [6, 6.07) is 8.19. The lowest BCUT2D eigenvalue weighted by Gasteiger charge is -2.46. The Labute approximate surface area is 208 Å². The summed E-state index contributed by atoms with van der Waals surface area (Å²) in [5.74, 6) is 0.143. The Morgan fingerprint density at radius 1 is 0.794 bits per heavy atom. The van der Waals surface area contributed by atoms with Crippen molar-refractivity contribution in [3.05, 3.63) is 53.5 Å². The monoisotopic (exact) mass is 465 g/mol. The fourth-order valence-corrected chi connectivity index (χ4v) is 4.94. The van der Waals surface area contributed by atoms with Gasteiger partial charge in [0.1, 0.15) is 0 Å². The zero-order valence-electron chi connectivity index (χ0n) is 23.5. The summed E-state index contributed by atoms with van der Waals surface area (Å²) in [5.41, 5.74) is 4.17. The Morgan fingerprint density at radius 2 is 1.26 bits per heavy atom. The highest BCUT2D eigenvalue weighted by atomic mass is 16.1. The molecule has 34 heavy (non-hydrogen) atoms. The van der Waals surface area contributed by atoms with Crippen molar-refractivity contribution in [3.8, 4) is 0 Å². The second-order valence-corrected chi connectivity index (χ2v) is 13.5. The molecule has 0 amide bonds. The number of anilines is 1. The molecule has 2 heterocycles. The average molecular weight is 466 g/mol. The molecule has 1 aromatic carbocycles. The lowest BCUT2D eigenvalue weighted by molar-refractivity contribution is 0.0964. The molecule has 0 atom stereocenters. The molecule has 0 saturated carbocycles. The van der Waals surface area contributed by atoms with Gasteiger partial charge in [0.05, 0.1) is 0 Å². The number of ketones is 1. The fourth-order valence-electron chi connectivity index (χ4n) is 4.94. The number of allylic oxidation sites excluding steroid dienone is 2. The summed E-state index contributed by atoms with van der Waals surface area (Å²) in [6.45, 7) is 24.5. The SMILES string of the molecule is CN(C1=CN(C(C)(C)C)CCC1(C)C)c1ccc(C(=O)C2=CN(C(C)(C)C)CCC2(C)C)cc1. The van der Waals surface area contributed by atoms with Gasteiger partial charge >= 0.3 is 0 Å². The van der Waals surface area contributed by atoms with Crippen LogP contribution >= 0.6 is 0 Å². The number of nitrogens with zero attached hydrogens (tertiary/aromatic N) is 3. The molecule has 0 bridgehead atoms. The number of rotatable bonds is 4. The van der Waals surface area contributed by atoms with Crippen LogP contribution in [-0.2, 0) is 0 Å². The molecular formula is C30H47N3O. The molecule has 0 spiro atoms. The quantitative estimate of drug-likeness (QED) is 0.443.